The minimum atomic E-state index is -0.885. The summed E-state index contributed by atoms with van der Waals surface area (Å²) in [6, 6.07) is 3.33. The van der Waals surface area contributed by atoms with Crippen molar-refractivity contribution in [3.8, 4) is 0 Å². The molecular formula is C17H26N2O2. The zero-order chi connectivity index (χ0) is 15.2. The maximum Gasteiger partial charge on any atom is 0.335 e. The largest absolute Gasteiger partial charge is 0.478 e. The van der Waals surface area contributed by atoms with Gasteiger partial charge in [0.1, 0.15) is 5.82 Å². The minimum Gasteiger partial charge on any atom is -0.478 e. The highest BCUT2D eigenvalue weighted by Gasteiger charge is 2.21. The number of rotatable bonds is 6. The van der Waals surface area contributed by atoms with Gasteiger partial charge in [-0.3, -0.25) is 0 Å². The van der Waals surface area contributed by atoms with Crippen molar-refractivity contribution in [2.24, 2.45) is 11.8 Å². The highest BCUT2D eigenvalue weighted by Crippen LogP contribution is 2.29. The van der Waals surface area contributed by atoms with Crippen molar-refractivity contribution in [2.75, 3.05) is 11.9 Å². The molecule has 2 atom stereocenters. The Morgan fingerprint density at radius 3 is 2.81 bits per heavy atom. The van der Waals surface area contributed by atoms with Crippen molar-refractivity contribution in [3.05, 3.63) is 23.4 Å². The van der Waals surface area contributed by atoms with Gasteiger partial charge in [0.15, 0.2) is 0 Å². The van der Waals surface area contributed by atoms with E-state index in [0.717, 1.165) is 31.0 Å². The van der Waals surface area contributed by atoms with E-state index in [9.17, 15) is 9.90 Å². The van der Waals surface area contributed by atoms with Crippen LogP contribution in [-0.2, 0) is 6.42 Å². The molecule has 0 spiro atoms. The van der Waals surface area contributed by atoms with E-state index in [-0.39, 0.29) is 0 Å². The van der Waals surface area contributed by atoms with E-state index >= 15 is 0 Å². The average molecular weight is 290 g/mol. The number of hydrogen-bond acceptors (Lipinski definition) is 3. The summed E-state index contributed by atoms with van der Waals surface area (Å²) in [6.45, 7) is 5.28. The second-order valence-corrected chi connectivity index (χ2v) is 6.19. The lowest BCUT2D eigenvalue weighted by Gasteiger charge is -2.29. The summed E-state index contributed by atoms with van der Waals surface area (Å²) < 4.78 is 0. The topological polar surface area (TPSA) is 62.2 Å². The van der Waals surface area contributed by atoms with Gasteiger partial charge in [-0.2, -0.15) is 0 Å². The minimum absolute atomic E-state index is 0.327. The van der Waals surface area contributed by atoms with E-state index < -0.39 is 5.97 Å². The monoisotopic (exact) mass is 290 g/mol. The second-order valence-electron chi connectivity index (χ2n) is 6.19. The van der Waals surface area contributed by atoms with Crippen molar-refractivity contribution in [2.45, 2.75) is 52.4 Å². The molecule has 1 saturated carbocycles. The van der Waals surface area contributed by atoms with Gasteiger partial charge in [0.2, 0.25) is 0 Å². The number of anilines is 1. The third-order valence-corrected chi connectivity index (χ3v) is 4.47. The molecule has 1 aliphatic rings. The van der Waals surface area contributed by atoms with Crippen molar-refractivity contribution < 1.29 is 9.90 Å². The molecule has 0 aliphatic heterocycles. The van der Waals surface area contributed by atoms with Crippen LogP contribution in [0.15, 0.2) is 12.1 Å². The molecule has 1 heterocycles. The third kappa shape index (κ3) is 4.45. The second kappa shape index (κ2) is 7.43. The first kappa shape index (κ1) is 15.8. The Kier molecular flexibility index (Phi) is 5.59. The van der Waals surface area contributed by atoms with E-state index in [1.54, 1.807) is 12.1 Å². The molecule has 116 valence electrons. The fraction of sp³-hybridized carbons (Fsp3) is 0.647. The molecule has 2 N–H and O–H groups in total. The quantitative estimate of drug-likeness (QED) is 0.832. The third-order valence-electron chi connectivity index (χ3n) is 4.47. The van der Waals surface area contributed by atoms with Crippen LogP contribution in [0.4, 0.5) is 5.82 Å². The van der Waals surface area contributed by atoms with Crippen LogP contribution in [0.25, 0.3) is 0 Å². The van der Waals surface area contributed by atoms with Crippen LogP contribution >= 0.6 is 0 Å². The van der Waals surface area contributed by atoms with Crippen LogP contribution in [0, 0.1) is 11.8 Å². The maximum atomic E-state index is 11.2. The number of aromatic carboxylic acids is 1. The van der Waals surface area contributed by atoms with Gasteiger partial charge in [-0.15, -0.1) is 0 Å². The SMILES string of the molecule is CCCc1cc(C(=O)O)cc(NCC2CCCCC2C)n1. The molecule has 0 saturated heterocycles. The molecule has 4 heteroatoms. The number of aryl methyl sites for hydroxylation is 1. The summed E-state index contributed by atoms with van der Waals surface area (Å²) in [6.07, 6.45) is 6.99. The molecule has 1 aromatic rings. The van der Waals surface area contributed by atoms with Crippen molar-refractivity contribution in [1.82, 2.24) is 4.98 Å². The number of nitrogens with one attached hydrogen (secondary N) is 1. The number of hydrogen-bond donors (Lipinski definition) is 2. The molecule has 0 aromatic carbocycles. The first-order valence-electron chi connectivity index (χ1n) is 8.08. The summed E-state index contributed by atoms with van der Waals surface area (Å²) in [5.74, 6) is 1.23. The van der Waals surface area contributed by atoms with Crippen LogP contribution in [0.3, 0.4) is 0 Å². The Labute approximate surface area is 127 Å². The Balaban J connectivity index is 2.05. The van der Waals surface area contributed by atoms with E-state index in [1.807, 2.05) is 0 Å². The molecular weight excluding hydrogens is 264 g/mol. The Hall–Kier alpha value is -1.58. The van der Waals surface area contributed by atoms with Gasteiger partial charge in [0, 0.05) is 12.2 Å². The van der Waals surface area contributed by atoms with Crippen LogP contribution in [-0.4, -0.2) is 22.6 Å². The van der Waals surface area contributed by atoms with Gasteiger partial charge in [0.25, 0.3) is 0 Å². The number of nitrogens with zero attached hydrogens (tertiary/aromatic N) is 1. The number of aromatic nitrogens is 1. The summed E-state index contributed by atoms with van der Waals surface area (Å²) >= 11 is 0. The van der Waals surface area contributed by atoms with Gasteiger partial charge >= 0.3 is 5.97 Å². The summed E-state index contributed by atoms with van der Waals surface area (Å²) in [7, 11) is 0. The van der Waals surface area contributed by atoms with Gasteiger partial charge < -0.3 is 10.4 Å². The number of carbonyl (C=O) groups is 1. The molecule has 0 amide bonds. The Morgan fingerprint density at radius 2 is 2.14 bits per heavy atom. The molecule has 2 unspecified atom stereocenters. The fourth-order valence-electron chi connectivity index (χ4n) is 3.12. The van der Waals surface area contributed by atoms with E-state index in [4.69, 9.17) is 0 Å². The molecule has 0 bridgehead atoms. The number of carboxylic acid groups (broad SMARTS) is 1. The summed E-state index contributed by atoms with van der Waals surface area (Å²) in [5, 5.41) is 12.6. The highest BCUT2D eigenvalue weighted by atomic mass is 16.4. The lowest BCUT2D eigenvalue weighted by molar-refractivity contribution is 0.0696. The zero-order valence-electron chi connectivity index (χ0n) is 13.1. The lowest BCUT2D eigenvalue weighted by Crippen LogP contribution is -2.24. The van der Waals surface area contributed by atoms with Crippen molar-refractivity contribution in [3.63, 3.8) is 0 Å². The predicted molar refractivity (Wildman–Crippen MR) is 84.8 cm³/mol. The Morgan fingerprint density at radius 1 is 1.38 bits per heavy atom. The maximum absolute atomic E-state index is 11.2. The van der Waals surface area contributed by atoms with Crippen LogP contribution < -0.4 is 5.32 Å². The Bertz CT molecular complexity index is 488. The van der Waals surface area contributed by atoms with Crippen LogP contribution in [0.5, 0.6) is 0 Å². The summed E-state index contributed by atoms with van der Waals surface area (Å²) in [4.78, 5) is 15.8. The van der Waals surface area contributed by atoms with E-state index in [2.05, 4.69) is 24.1 Å². The molecule has 1 aliphatic carbocycles. The zero-order valence-corrected chi connectivity index (χ0v) is 13.1. The molecule has 1 aromatic heterocycles. The average Bonchev–Trinajstić information content (AvgIpc) is 2.46. The molecule has 0 radical (unpaired) electrons. The molecule has 4 nitrogen and oxygen atoms in total. The van der Waals surface area contributed by atoms with Gasteiger partial charge in [-0.05, 0) is 36.8 Å². The predicted octanol–water partition coefficient (Wildman–Crippen LogP) is 3.97. The molecule has 21 heavy (non-hydrogen) atoms. The first-order valence-corrected chi connectivity index (χ1v) is 8.08. The lowest BCUT2D eigenvalue weighted by atomic mass is 9.80. The molecule has 1 fully saturated rings. The van der Waals surface area contributed by atoms with E-state index in [0.29, 0.717) is 17.3 Å². The number of pyridine rings is 1. The summed E-state index contributed by atoms with van der Waals surface area (Å²) in [5.41, 5.74) is 1.18. The smallest absolute Gasteiger partial charge is 0.335 e. The van der Waals surface area contributed by atoms with Gasteiger partial charge in [0.05, 0.1) is 5.56 Å². The van der Waals surface area contributed by atoms with Gasteiger partial charge in [-0.1, -0.05) is 39.5 Å². The van der Waals surface area contributed by atoms with Crippen molar-refractivity contribution in [1.29, 1.82) is 0 Å². The van der Waals surface area contributed by atoms with Crippen LogP contribution in [0.1, 0.15) is 62.0 Å². The number of carboxylic acids is 1. The normalized spacial score (nSPS) is 22.0. The first-order chi connectivity index (χ1) is 10.1. The standard InChI is InChI=1S/C17H26N2O2/c1-3-6-15-9-14(17(20)21)10-16(19-15)18-11-13-8-5-4-7-12(13)2/h9-10,12-13H,3-8,11H2,1-2H3,(H,18,19)(H,20,21). The van der Waals surface area contributed by atoms with Gasteiger partial charge in [-0.25, -0.2) is 9.78 Å². The van der Waals surface area contributed by atoms with Crippen LogP contribution in [0.2, 0.25) is 0 Å². The fourth-order valence-corrected chi connectivity index (χ4v) is 3.12. The highest BCUT2D eigenvalue weighted by molar-refractivity contribution is 5.88. The molecule has 2 rings (SSSR count). The van der Waals surface area contributed by atoms with Crippen molar-refractivity contribution >= 4 is 11.8 Å². The van der Waals surface area contributed by atoms with E-state index in [1.165, 1.54) is 25.7 Å².